The number of alkyl halides is 1. The van der Waals surface area contributed by atoms with Gasteiger partial charge in [0.2, 0.25) is 0 Å². The van der Waals surface area contributed by atoms with Crippen LogP contribution in [-0.2, 0) is 14.3 Å². The Hall–Kier alpha value is -0.380. The van der Waals surface area contributed by atoms with Gasteiger partial charge in [-0.15, -0.1) is 0 Å². The van der Waals surface area contributed by atoms with Gasteiger partial charge in [-0.2, -0.15) is 0 Å². The molecule has 1 rings (SSSR count). The number of esters is 2. The molecule has 0 aromatic heterocycles. The molecule has 1 aliphatic heterocycles. The Morgan fingerprint density at radius 1 is 1.50 bits per heavy atom. The van der Waals surface area contributed by atoms with E-state index in [-0.39, 0.29) is 0 Å². The maximum absolute atomic E-state index is 10.2. The summed E-state index contributed by atoms with van der Waals surface area (Å²) in [6, 6.07) is 0. The highest BCUT2D eigenvalue weighted by molar-refractivity contribution is 9.09. The van der Waals surface area contributed by atoms with Crippen LogP contribution in [0.15, 0.2) is 0 Å². The molecule has 8 heavy (non-hydrogen) atoms. The number of hydrogen-bond acceptors (Lipinski definition) is 3. The largest absolute Gasteiger partial charge is 0.392 e. The maximum Gasteiger partial charge on any atom is 0.328 e. The Morgan fingerprint density at radius 2 is 2.00 bits per heavy atom. The number of carbonyl (C=O) groups excluding carboxylic acids is 2. The van der Waals surface area contributed by atoms with Gasteiger partial charge in [-0.25, -0.2) is 0 Å². The van der Waals surface area contributed by atoms with E-state index in [0.717, 1.165) is 0 Å². The SMILES string of the molecule is O=C1OC(=O)C1CBr. The van der Waals surface area contributed by atoms with Crippen LogP contribution in [0.4, 0.5) is 0 Å². The second kappa shape index (κ2) is 1.85. The quantitative estimate of drug-likeness (QED) is 0.325. The van der Waals surface area contributed by atoms with Crippen LogP contribution in [0.3, 0.4) is 0 Å². The minimum Gasteiger partial charge on any atom is -0.392 e. The van der Waals surface area contributed by atoms with Crippen LogP contribution in [0, 0.1) is 5.92 Å². The number of ether oxygens (including phenoxy) is 1. The Morgan fingerprint density at radius 3 is 2.12 bits per heavy atom. The number of carbonyl (C=O) groups is 2. The van der Waals surface area contributed by atoms with Gasteiger partial charge in [-0.3, -0.25) is 9.59 Å². The molecule has 1 fully saturated rings. The molecule has 0 radical (unpaired) electrons. The lowest BCUT2D eigenvalue weighted by Crippen LogP contribution is -2.41. The lowest BCUT2D eigenvalue weighted by molar-refractivity contribution is -0.182. The van der Waals surface area contributed by atoms with E-state index in [2.05, 4.69) is 20.7 Å². The fourth-order valence-corrected chi connectivity index (χ4v) is 0.934. The van der Waals surface area contributed by atoms with Gasteiger partial charge in [0.05, 0.1) is 0 Å². The Balaban J connectivity index is 2.52. The zero-order chi connectivity index (χ0) is 6.15. The molecule has 0 spiro atoms. The third-order valence-electron chi connectivity index (χ3n) is 0.925. The molecule has 44 valence electrons. The van der Waals surface area contributed by atoms with Crippen molar-refractivity contribution in [3.63, 3.8) is 0 Å². The molecule has 1 aliphatic rings. The van der Waals surface area contributed by atoms with Crippen molar-refractivity contribution >= 4 is 27.9 Å². The Kier molecular flexibility index (Phi) is 1.33. The first-order chi connectivity index (χ1) is 3.75. The van der Waals surface area contributed by atoms with Crippen LogP contribution in [0.1, 0.15) is 0 Å². The molecule has 0 N–H and O–H groups in total. The second-order valence-corrected chi connectivity index (χ2v) is 2.09. The third kappa shape index (κ3) is 0.647. The zero-order valence-electron chi connectivity index (χ0n) is 3.89. The standard InChI is InChI=1S/C4H3BrO3/c5-1-2-3(6)8-4(2)7/h2H,1H2. The highest BCUT2D eigenvalue weighted by Gasteiger charge is 2.40. The fourth-order valence-electron chi connectivity index (χ4n) is 0.406. The molecular formula is C4H3BrO3. The molecule has 0 aromatic rings. The Bertz CT molecular complexity index is 128. The van der Waals surface area contributed by atoms with E-state index in [0.29, 0.717) is 5.33 Å². The van der Waals surface area contributed by atoms with Crippen LogP contribution in [0.2, 0.25) is 0 Å². The molecule has 4 heteroatoms. The zero-order valence-corrected chi connectivity index (χ0v) is 5.47. The van der Waals surface area contributed by atoms with Crippen LogP contribution in [-0.4, -0.2) is 17.3 Å². The first-order valence-corrected chi connectivity index (χ1v) is 3.19. The average molecular weight is 179 g/mol. The number of cyclic esters (lactones) is 2. The fraction of sp³-hybridized carbons (Fsp3) is 0.500. The minimum atomic E-state index is -0.532. The van der Waals surface area contributed by atoms with Crippen molar-refractivity contribution in [3.05, 3.63) is 0 Å². The van der Waals surface area contributed by atoms with E-state index in [4.69, 9.17) is 0 Å². The summed E-state index contributed by atoms with van der Waals surface area (Å²) in [7, 11) is 0. The summed E-state index contributed by atoms with van der Waals surface area (Å²) in [5, 5.41) is 0.380. The van der Waals surface area contributed by atoms with E-state index in [1.165, 1.54) is 0 Å². The summed E-state index contributed by atoms with van der Waals surface area (Å²) in [6.45, 7) is 0. The molecule has 1 heterocycles. The van der Waals surface area contributed by atoms with Crippen molar-refractivity contribution in [1.82, 2.24) is 0 Å². The molecule has 0 amide bonds. The predicted octanol–water partition coefficient (Wildman–Crippen LogP) is 0.0809. The van der Waals surface area contributed by atoms with Gasteiger partial charge in [0, 0.05) is 5.33 Å². The highest BCUT2D eigenvalue weighted by Crippen LogP contribution is 2.16. The van der Waals surface area contributed by atoms with Crippen molar-refractivity contribution in [2.75, 3.05) is 5.33 Å². The van der Waals surface area contributed by atoms with E-state index < -0.39 is 17.9 Å². The molecule has 0 saturated carbocycles. The van der Waals surface area contributed by atoms with Gasteiger partial charge in [-0.1, -0.05) is 15.9 Å². The first-order valence-electron chi connectivity index (χ1n) is 2.07. The molecule has 0 unspecified atom stereocenters. The van der Waals surface area contributed by atoms with Crippen LogP contribution in [0.5, 0.6) is 0 Å². The molecule has 0 aliphatic carbocycles. The third-order valence-corrected chi connectivity index (χ3v) is 1.57. The van der Waals surface area contributed by atoms with Gasteiger partial charge in [0.15, 0.2) is 5.92 Å². The van der Waals surface area contributed by atoms with Crippen LogP contribution < -0.4 is 0 Å². The summed E-state index contributed by atoms with van der Waals surface area (Å²) >= 11 is 2.99. The molecule has 0 aromatic carbocycles. The number of halogens is 1. The molecule has 1 saturated heterocycles. The predicted molar refractivity (Wildman–Crippen MR) is 28.4 cm³/mol. The molecular weight excluding hydrogens is 176 g/mol. The van der Waals surface area contributed by atoms with Gasteiger partial charge in [-0.05, 0) is 0 Å². The van der Waals surface area contributed by atoms with Gasteiger partial charge < -0.3 is 4.74 Å². The molecule has 3 nitrogen and oxygen atoms in total. The lowest BCUT2D eigenvalue weighted by Gasteiger charge is -2.18. The summed E-state index contributed by atoms with van der Waals surface area (Å²) < 4.78 is 4.03. The smallest absolute Gasteiger partial charge is 0.328 e. The first kappa shape index (κ1) is 5.75. The van der Waals surface area contributed by atoms with Crippen LogP contribution in [0.25, 0.3) is 0 Å². The van der Waals surface area contributed by atoms with Gasteiger partial charge >= 0.3 is 11.9 Å². The lowest BCUT2D eigenvalue weighted by atomic mass is 10.1. The molecule has 0 atom stereocenters. The summed E-state index contributed by atoms with van der Waals surface area (Å²) in [6.07, 6.45) is 0. The van der Waals surface area contributed by atoms with Crippen molar-refractivity contribution < 1.29 is 14.3 Å². The van der Waals surface area contributed by atoms with E-state index >= 15 is 0 Å². The Labute approximate surface area is 54.1 Å². The minimum absolute atomic E-state index is 0.380. The monoisotopic (exact) mass is 178 g/mol. The summed E-state index contributed by atoms with van der Waals surface area (Å²) in [5.74, 6) is -1.38. The average Bonchev–Trinajstić information content (AvgIpc) is 1.67. The van der Waals surface area contributed by atoms with Gasteiger partial charge in [0.25, 0.3) is 0 Å². The topological polar surface area (TPSA) is 43.4 Å². The normalized spacial score (nSPS) is 20.1. The number of rotatable bonds is 1. The van der Waals surface area contributed by atoms with Crippen molar-refractivity contribution in [2.45, 2.75) is 0 Å². The maximum atomic E-state index is 10.2. The van der Waals surface area contributed by atoms with Crippen LogP contribution >= 0.6 is 15.9 Å². The van der Waals surface area contributed by atoms with E-state index in [9.17, 15) is 9.59 Å². The van der Waals surface area contributed by atoms with Crippen molar-refractivity contribution in [3.8, 4) is 0 Å². The summed E-state index contributed by atoms with van der Waals surface area (Å²) in [4.78, 5) is 20.4. The second-order valence-electron chi connectivity index (χ2n) is 1.45. The van der Waals surface area contributed by atoms with Crippen molar-refractivity contribution in [2.24, 2.45) is 5.92 Å². The number of hydrogen-bond donors (Lipinski definition) is 0. The van der Waals surface area contributed by atoms with E-state index in [1.54, 1.807) is 0 Å². The van der Waals surface area contributed by atoms with Crippen molar-refractivity contribution in [1.29, 1.82) is 0 Å². The van der Waals surface area contributed by atoms with Gasteiger partial charge in [0.1, 0.15) is 0 Å². The highest BCUT2D eigenvalue weighted by atomic mass is 79.9. The summed E-state index contributed by atoms with van der Waals surface area (Å²) in [5.41, 5.74) is 0. The van der Waals surface area contributed by atoms with E-state index in [1.807, 2.05) is 0 Å². The molecule has 0 bridgehead atoms.